The Morgan fingerprint density at radius 3 is 2.42 bits per heavy atom. The maximum absolute atomic E-state index is 11.8. The molecule has 0 fully saturated rings. The van der Waals surface area contributed by atoms with E-state index in [-0.39, 0.29) is 11.3 Å². The zero-order chi connectivity index (χ0) is 14.5. The molecule has 0 saturated heterocycles. The molecule has 0 saturated carbocycles. The van der Waals surface area contributed by atoms with E-state index in [1.54, 1.807) is 11.9 Å². The van der Waals surface area contributed by atoms with Gasteiger partial charge in [-0.25, -0.2) is 4.79 Å². The first-order chi connectivity index (χ1) is 8.79. The number of hydrogen-bond acceptors (Lipinski definition) is 3. The molecule has 0 aliphatic heterocycles. The Bertz CT molecular complexity index is 400. The number of benzene rings is 1. The van der Waals surface area contributed by atoms with Gasteiger partial charge in [-0.15, -0.1) is 0 Å². The fourth-order valence-electron chi connectivity index (χ4n) is 1.59. The number of ether oxygens (including phenoxy) is 1. The molecule has 19 heavy (non-hydrogen) atoms. The smallest absolute Gasteiger partial charge is 0.410 e. The van der Waals surface area contributed by atoms with Crippen LogP contribution in [0.1, 0.15) is 38.0 Å². The van der Waals surface area contributed by atoms with Gasteiger partial charge in [-0.05, 0) is 32.8 Å². The van der Waals surface area contributed by atoms with E-state index >= 15 is 0 Å². The lowest BCUT2D eigenvalue weighted by atomic mass is 10.1. The van der Waals surface area contributed by atoms with Crippen molar-refractivity contribution in [3.63, 3.8) is 0 Å². The molecule has 1 rings (SSSR count). The molecule has 0 aromatic heterocycles. The van der Waals surface area contributed by atoms with Crippen molar-refractivity contribution in [1.82, 2.24) is 4.90 Å². The first-order valence-electron chi connectivity index (χ1n) is 6.47. The molecule has 0 aliphatic rings. The highest BCUT2D eigenvalue weighted by molar-refractivity contribution is 7.80. The second-order valence-corrected chi connectivity index (χ2v) is 6.24. The van der Waals surface area contributed by atoms with E-state index in [2.05, 4.69) is 12.6 Å². The van der Waals surface area contributed by atoms with E-state index in [0.717, 1.165) is 6.42 Å². The van der Waals surface area contributed by atoms with Crippen molar-refractivity contribution in [3.8, 4) is 0 Å². The summed E-state index contributed by atoms with van der Waals surface area (Å²) in [5, 5.41) is 0.131. The van der Waals surface area contributed by atoms with Crippen molar-refractivity contribution in [1.29, 1.82) is 0 Å². The number of rotatable bonds is 4. The van der Waals surface area contributed by atoms with Gasteiger partial charge in [-0.3, -0.25) is 0 Å². The molecule has 0 bridgehead atoms. The third-order valence-electron chi connectivity index (χ3n) is 2.63. The quantitative estimate of drug-likeness (QED) is 0.848. The Morgan fingerprint density at radius 2 is 1.89 bits per heavy atom. The van der Waals surface area contributed by atoms with Crippen molar-refractivity contribution in [2.45, 2.75) is 38.0 Å². The minimum Gasteiger partial charge on any atom is -0.444 e. The summed E-state index contributed by atoms with van der Waals surface area (Å²) in [7, 11) is 1.75. The lowest BCUT2D eigenvalue weighted by Gasteiger charge is -2.25. The van der Waals surface area contributed by atoms with Crippen molar-refractivity contribution >= 4 is 18.7 Å². The third-order valence-corrected chi connectivity index (χ3v) is 3.18. The van der Waals surface area contributed by atoms with Crippen molar-refractivity contribution in [2.24, 2.45) is 0 Å². The number of nitrogens with zero attached hydrogens (tertiary/aromatic N) is 1. The summed E-state index contributed by atoms with van der Waals surface area (Å²) in [4.78, 5) is 13.4. The van der Waals surface area contributed by atoms with Crippen LogP contribution in [0, 0.1) is 0 Å². The average Bonchev–Trinajstić information content (AvgIpc) is 2.34. The number of hydrogen-bond donors (Lipinski definition) is 1. The topological polar surface area (TPSA) is 29.5 Å². The highest BCUT2D eigenvalue weighted by Crippen LogP contribution is 2.23. The van der Waals surface area contributed by atoms with Crippen LogP contribution < -0.4 is 0 Å². The summed E-state index contributed by atoms with van der Waals surface area (Å²) < 4.78 is 5.30. The zero-order valence-electron chi connectivity index (χ0n) is 12.1. The highest BCUT2D eigenvalue weighted by atomic mass is 32.1. The van der Waals surface area contributed by atoms with Gasteiger partial charge < -0.3 is 9.64 Å². The maximum atomic E-state index is 11.8. The fraction of sp³-hybridized carbons (Fsp3) is 0.533. The van der Waals surface area contributed by atoms with Crippen LogP contribution in [0.3, 0.4) is 0 Å². The van der Waals surface area contributed by atoms with Crippen LogP contribution in [0.5, 0.6) is 0 Å². The van der Waals surface area contributed by atoms with Gasteiger partial charge >= 0.3 is 6.09 Å². The standard InChI is InChI=1S/C15H23NO2S/c1-15(2,3)18-14(17)16(4)11-10-13(19)12-8-6-5-7-9-12/h5-9,13,19H,10-11H2,1-4H3/t13-/m1/s1. The monoisotopic (exact) mass is 281 g/mol. The average molecular weight is 281 g/mol. The number of thiol groups is 1. The Morgan fingerprint density at radius 1 is 1.32 bits per heavy atom. The second-order valence-electron chi connectivity index (χ2n) is 5.62. The molecule has 0 radical (unpaired) electrons. The molecule has 4 heteroatoms. The van der Waals surface area contributed by atoms with Crippen LogP contribution in [0.2, 0.25) is 0 Å². The summed E-state index contributed by atoms with van der Waals surface area (Å²) in [6.45, 7) is 6.22. The normalized spacial score (nSPS) is 12.9. The van der Waals surface area contributed by atoms with E-state index in [1.165, 1.54) is 5.56 Å². The largest absolute Gasteiger partial charge is 0.444 e. The lowest BCUT2D eigenvalue weighted by Crippen LogP contribution is -2.35. The number of carbonyl (C=O) groups excluding carboxylic acids is 1. The van der Waals surface area contributed by atoms with Gasteiger partial charge in [0.05, 0.1) is 0 Å². The molecule has 0 heterocycles. The molecular weight excluding hydrogens is 258 g/mol. The van der Waals surface area contributed by atoms with Crippen molar-refractivity contribution in [3.05, 3.63) is 35.9 Å². The molecule has 1 aromatic carbocycles. The molecule has 0 spiro atoms. The van der Waals surface area contributed by atoms with Crippen LogP contribution in [0.25, 0.3) is 0 Å². The predicted molar refractivity (Wildman–Crippen MR) is 81.7 cm³/mol. The van der Waals surface area contributed by atoms with Gasteiger partial charge in [-0.1, -0.05) is 30.3 Å². The lowest BCUT2D eigenvalue weighted by molar-refractivity contribution is 0.0297. The van der Waals surface area contributed by atoms with Crippen LogP contribution in [-0.4, -0.2) is 30.2 Å². The summed E-state index contributed by atoms with van der Waals surface area (Å²) in [5.41, 5.74) is 0.717. The van der Waals surface area contributed by atoms with Crippen molar-refractivity contribution < 1.29 is 9.53 Å². The molecule has 1 amide bonds. The summed E-state index contributed by atoms with van der Waals surface area (Å²) in [6.07, 6.45) is 0.504. The van der Waals surface area contributed by atoms with Gasteiger partial charge in [0, 0.05) is 18.8 Å². The summed E-state index contributed by atoms with van der Waals surface area (Å²) in [6, 6.07) is 10.1. The van der Waals surface area contributed by atoms with Gasteiger partial charge in [0.1, 0.15) is 5.60 Å². The number of carbonyl (C=O) groups is 1. The fourth-order valence-corrected chi connectivity index (χ4v) is 1.88. The van der Waals surface area contributed by atoms with E-state index in [1.807, 2.05) is 51.1 Å². The number of amides is 1. The van der Waals surface area contributed by atoms with Gasteiger partial charge in [-0.2, -0.15) is 12.6 Å². The first-order valence-corrected chi connectivity index (χ1v) is 6.98. The minimum atomic E-state index is -0.453. The molecule has 1 aromatic rings. The second kappa shape index (κ2) is 6.85. The Balaban J connectivity index is 2.42. The molecular formula is C15H23NO2S. The van der Waals surface area contributed by atoms with Crippen LogP contribution in [0.4, 0.5) is 4.79 Å². The van der Waals surface area contributed by atoms with Crippen LogP contribution in [-0.2, 0) is 4.74 Å². The Hall–Kier alpha value is -1.16. The van der Waals surface area contributed by atoms with Crippen LogP contribution >= 0.6 is 12.6 Å². The minimum absolute atomic E-state index is 0.131. The van der Waals surface area contributed by atoms with E-state index < -0.39 is 5.60 Å². The molecule has 3 nitrogen and oxygen atoms in total. The SMILES string of the molecule is CN(CC[C@@H](S)c1ccccc1)C(=O)OC(C)(C)C. The van der Waals surface area contributed by atoms with Gasteiger partial charge in [0.2, 0.25) is 0 Å². The molecule has 1 atom stereocenters. The molecule has 0 unspecified atom stereocenters. The Kier molecular flexibility index (Phi) is 5.73. The van der Waals surface area contributed by atoms with Gasteiger partial charge in [0.15, 0.2) is 0 Å². The molecule has 0 N–H and O–H groups in total. The van der Waals surface area contributed by atoms with Crippen LogP contribution in [0.15, 0.2) is 30.3 Å². The summed E-state index contributed by atoms with van der Waals surface area (Å²) >= 11 is 4.57. The molecule has 106 valence electrons. The maximum Gasteiger partial charge on any atom is 0.410 e. The van der Waals surface area contributed by atoms with E-state index in [0.29, 0.717) is 6.54 Å². The zero-order valence-corrected chi connectivity index (χ0v) is 13.0. The third kappa shape index (κ3) is 6.01. The van der Waals surface area contributed by atoms with E-state index in [4.69, 9.17) is 4.74 Å². The van der Waals surface area contributed by atoms with Crippen molar-refractivity contribution in [2.75, 3.05) is 13.6 Å². The molecule has 0 aliphatic carbocycles. The highest BCUT2D eigenvalue weighted by Gasteiger charge is 2.19. The van der Waals surface area contributed by atoms with E-state index in [9.17, 15) is 4.79 Å². The van der Waals surface area contributed by atoms with Gasteiger partial charge in [0.25, 0.3) is 0 Å². The summed E-state index contributed by atoms with van der Waals surface area (Å²) in [5.74, 6) is 0. The predicted octanol–water partition coefficient (Wildman–Crippen LogP) is 3.91. The Labute approximate surface area is 121 Å². The first kappa shape index (κ1) is 15.9.